The molecule has 0 spiro atoms. The number of ether oxygens (including phenoxy) is 1. The second kappa shape index (κ2) is 7.03. The summed E-state index contributed by atoms with van der Waals surface area (Å²) >= 11 is 0. The molecule has 1 saturated heterocycles. The van der Waals surface area contributed by atoms with Crippen molar-refractivity contribution in [2.45, 2.75) is 65.2 Å². The molecular formula is C15H27NO. The van der Waals surface area contributed by atoms with Crippen molar-refractivity contribution in [1.82, 2.24) is 5.32 Å². The van der Waals surface area contributed by atoms with Crippen molar-refractivity contribution < 1.29 is 4.74 Å². The van der Waals surface area contributed by atoms with E-state index in [1.807, 2.05) is 0 Å². The Morgan fingerprint density at radius 1 is 1.29 bits per heavy atom. The maximum Gasteiger partial charge on any atom is 0.0597 e. The summed E-state index contributed by atoms with van der Waals surface area (Å²) in [7, 11) is 0. The zero-order valence-electron chi connectivity index (χ0n) is 11.7. The fourth-order valence-corrected chi connectivity index (χ4v) is 3.10. The summed E-state index contributed by atoms with van der Waals surface area (Å²) in [5, 5.41) is 3.62. The van der Waals surface area contributed by atoms with E-state index in [9.17, 15) is 0 Å². The molecule has 5 atom stereocenters. The van der Waals surface area contributed by atoms with Crippen molar-refractivity contribution in [3.05, 3.63) is 0 Å². The van der Waals surface area contributed by atoms with Crippen LogP contribution in [0.1, 0.15) is 47.0 Å². The van der Waals surface area contributed by atoms with Gasteiger partial charge in [0.2, 0.25) is 0 Å². The highest BCUT2D eigenvalue weighted by molar-refractivity contribution is 4.92. The Hall–Kier alpha value is -0.520. The average molecular weight is 237 g/mol. The smallest absolute Gasteiger partial charge is 0.0597 e. The first-order valence-electron chi connectivity index (χ1n) is 6.94. The molecule has 0 aromatic carbocycles. The Morgan fingerprint density at radius 2 is 2.00 bits per heavy atom. The lowest BCUT2D eigenvalue weighted by Gasteiger charge is -2.29. The lowest BCUT2D eigenvalue weighted by Crippen LogP contribution is -2.41. The van der Waals surface area contributed by atoms with Crippen LogP contribution in [0.25, 0.3) is 0 Å². The van der Waals surface area contributed by atoms with Crippen molar-refractivity contribution in [3.8, 4) is 12.3 Å². The molecule has 2 heteroatoms. The average Bonchev–Trinajstić information content (AvgIpc) is 2.53. The van der Waals surface area contributed by atoms with Crippen LogP contribution in [0.3, 0.4) is 0 Å². The Labute approximate surface area is 107 Å². The van der Waals surface area contributed by atoms with Crippen LogP contribution < -0.4 is 5.32 Å². The van der Waals surface area contributed by atoms with Gasteiger partial charge in [-0.05, 0) is 39.2 Å². The first kappa shape index (κ1) is 14.5. The molecule has 2 nitrogen and oxygen atoms in total. The minimum absolute atomic E-state index is 0.356. The molecule has 0 aromatic rings. The highest BCUT2D eigenvalue weighted by atomic mass is 16.5. The summed E-state index contributed by atoms with van der Waals surface area (Å²) in [5.74, 6) is 3.97. The SMILES string of the molecule is C#CCCCC(NCC)C1C(C)OC(C)C1C. The molecule has 0 bridgehead atoms. The number of rotatable bonds is 6. The summed E-state index contributed by atoms with van der Waals surface area (Å²) in [4.78, 5) is 0. The van der Waals surface area contributed by atoms with Crippen LogP contribution in [0.5, 0.6) is 0 Å². The molecule has 0 saturated carbocycles. The van der Waals surface area contributed by atoms with Crippen LogP contribution in [0, 0.1) is 24.2 Å². The molecule has 0 aliphatic carbocycles. The van der Waals surface area contributed by atoms with Crippen molar-refractivity contribution in [1.29, 1.82) is 0 Å². The number of nitrogens with one attached hydrogen (secondary N) is 1. The summed E-state index contributed by atoms with van der Waals surface area (Å²) in [6.45, 7) is 9.89. The number of unbranched alkanes of at least 4 members (excludes halogenated alkanes) is 1. The van der Waals surface area contributed by atoms with Crippen LogP contribution in [0.4, 0.5) is 0 Å². The van der Waals surface area contributed by atoms with Crippen LogP contribution in [0.15, 0.2) is 0 Å². The molecule has 17 heavy (non-hydrogen) atoms. The molecule has 1 heterocycles. The van der Waals surface area contributed by atoms with Crippen molar-refractivity contribution >= 4 is 0 Å². The van der Waals surface area contributed by atoms with E-state index < -0.39 is 0 Å². The van der Waals surface area contributed by atoms with E-state index in [0.29, 0.717) is 30.1 Å². The second-order valence-corrected chi connectivity index (χ2v) is 5.24. The van der Waals surface area contributed by atoms with E-state index in [0.717, 1.165) is 25.8 Å². The van der Waals surface area contributed by atoms with Gasteiger partial charge in [-0.25, -0.2) is 0 Å². The largest absolute Gasteiger partial charge is 0.375 e. The molecule has 1 rings (SSSR count). The Bertz CT molecular complexity index is 258. The summed E-state index contributed by atoms with van der Waals surface area (Å²) < 4.78 is 5.94. The van der Waals surface area contributed by atoms with Gasteiger partial charge in [0.25, 0.3) is 0 Å². The third kappa shape index (κ3) is 3.72. The number of terminal acetylenes is 1. The monoisotopic (exact) mass is 237 g/mol. The highest BCUT2D eigenvalue weighted by Crippen LogP contribution is 2.35. The van der Waals surface area contributed by atoms with E-state index in [4.69, 9.17) is 11.2 Å². The Balaban J connectivity index is 2.59. The lowest BCUT2D eigenvalue weighted by molar-refractivity contribution is 0.0472. The molecule has 1 N–H and O–H groups in total. The fraction of sp³-hybridized carbons (Fsp3) is 0.867. The van der Waals surface area contributed by atoms with Crippen molar-refractivity contribution in [3.63, 3.8) is 0 Å². The zero-order chi connectivity index (χ0) is 12.8. The van der Waals surface area contributed by atoms with Gasteiger partial charge in [0, 0.05) is 18.4 Å². The molecule has 1 fully saturated rings. The van der Waals surface area contributed by atoms with E-state index in [1.54, 1.807) is 0 Å². The highest BCUT2D eigenvalue weighted by Gasteiger charge is 2.40. The zero-order valence-corrected chi connectivity index (χ0v) is 11.7. The predicted molar refractivity (Wildman–Crippen MR) is 72.8 cm³/mol. The van der Waals surface area contributed by atoms with E-state index in [2.05, 4.69) is 38.9 Å². The summed E-state index contributed by atoms with van der Waals surface area (Å²) in [6.07, 6.45) is 9.21. The molecule has 0 aromatic heterocycles. The lowest BCUT2D eigenvalue weighted by atomic mass is 9.81. The van der Waals surface area contributed by atoms with Gasteiger partial charge in [0.05, 0.1) is 12.2 Å². The molecular weight excluding hydrogens is 210 g/mol. The first-order valence-corrected chi connectivity index (χ1v) is 6.94. The Kier molecular flexibility index (Phi) is 6.02. The minimum atomic E-state index is 0.356. The third-order valence-corrected chi connectivity index (χ3v) is 4.09. The molecule has 1 aliphatic rings. The van der Waals surface area contributed by atoms with Crippen LogP contribution in [0.2, 0.25) is 0 Å². The number of hydrogen-bond donors (Lipinski definition) is 1. The summed E-state index contributed by atoms with van der Waals surface area (Å²) in [6, 6.07) is 0.545. The maximum atomic E-state index is 5.94. The van der Waals surface area contributed by atoms with Gasteiger partial charge in [-0.15, -0.1) is 12.3 Å². The van der Waals surface area contributed by atoms with Gasteiger partial charge in [0.1, 0.15) is 0 Å². The van der Waals surface area contributed by atoms with Gasteiger partial charge in [-0.2, -0.15) is 0 Å². The molecule has 98 valence electrons. The summed E-state index contributed by atoms with van der Waals surface area (Å²) in [5.41, 5.74) is 0. The molecule has 0 amide bonds. The van der Waals surface area contributed by atoms with E-state index >= 15 is 0 Å². The van der Waals surface area contributed by atoms with Crippen molar-refractivity contribution in [2.24, 2.45) is 11.8 Å². The molecule has 1 aliphatic heterocycles. The quantitative estimate of drug-likeness (QED) is 0.566. The van der Waals surface area contributed by atoms with E-state index in [-0.39, 0.29) is 0 Å². The minimum Gasteiger partial charge on any atom is -0.375 e. The van der Waals surface area contributed by atoms with Gasteiger partial charge >= 0.3 is 0 Å². The van der Waals surface area contributed by atoms with Crippen LogP contribution in [-0.2, 0) is 4.74 Å². The second-order valence-electron chi connectivity index (χ2n) is 5.24. The van der Waals surface area contributed by atoms with Crippen molar-refractivity contribution in [2.75, 3.05) is 6.54 Å². The standard InChI is InChI=1S/C15H27NO/c1-6-8-9-10-14(16-7-2)15-11(3)12(4)17-13(15)5/h1,11-16H,7-10H2,2-5H3. The number of hydrogen-bond acceptors (Lipinski definition) is 2. The topological polar surface area (TPSA) is 21.3 Å². The molecule has 0 radical (unpaired) electrons. The van der Waals surface area contributed by atoms with Crippen LogP contribution in [-0.4, -0.2) is 24.8 Å². The van der Waals surface area contributed by atoms with Gasteiger partial charge in [-0.3, -0.25) is 0 Å². The first-order chi connectivity index (χ1) is 8.11. The van der Waals surface area contributed by atoms with Gasteiger partial charge in [0.15, 0.2) is 0 Å². The third-order valence-electron chi connectivity index (χ3n) is 4.09. The van der Waals surface area contributed by atoms with Crippen LogP contribution >= 0.6 is 0 Å². The predicted octanol–water partition coefficient (Wildman–Crippen LogP) is 2.83. The van der Waals surface area contributed by atoms with Gasteiger partial charge < -0.3 is 10.1 Å². The Morgan fingerprint density at radius 3 is 2.47 bits per heavy atom. The molecule has 5 unspecified atom stereocenters. The van der Waals surface area contributed by atoms with E-state index in [1.165, 1.54) is 0 Å². The maximum absolute atomic E-state index is 5.94. The van der Waals surface area contributed by atoms with Gasteiger partial charge in [-0.1, -0.05) is 13.8 Å². The normalized spacial score (nSPS) is 34.5. The fourth-order valence-electron chi connectivity index (χ4n) is 3.10.